The maximum atomic E-state index is 4.30. The molecule has 1 N–H and O–H groups in total. The smallest absolute Gasteiger partial charge is 0.134 e. The average molecular weight is 321 g/mol. The first-order valence-electron chi connectivity index (χ1n) is 6.20. The van der Waals surface area contributed by atoms with Crippen LogP contribution >= 0.6 is 15.9 Å². The molecular formula is C14H17BrN4. The molecule has 1 heterocycles. The van der Waals surface area contributed by atoms with Gasteiger partial charge in [0.25, 0.3) is 0 Å². The molecule has 0 amide bonds. The van der Waals surface area contributed by atoms with Crippen LogP contribution in [0, 0.1) is 0 Å². The van der Waals surface area contributed by atoms with Crippen LogP contribution in [0.5, 0.6) is 0 Å². The Labute approximate surface area is 122 Å². The van der Waals surface area contributed by atoms with Gasteiger partial charge in [0.15, 0.2) is 0 Å². The Kier molecular flexibility index (Phi) is 4.74. The average Bonchev–Trinajstić information content (AvgIpc) is 2.39. The van der Waals surface area contributed by atoms with Gasteiger partial charge in [-0.1, -0.05) is 28.1 Å². The Bertz CT molecular complexity index is 544. The normalized spacial score (nSPS) is 10.3. The molecule has 0 unspecified atom stereocenters. The second-order valence-corrected chi connectivity index (χ2v) is 5.19. The molecule has 0 atom stereocenters. The highest BCUT2D eigenvalue weighted by molar-refractivity contribution is 9.10. The van der Waals surface area contributed by atoms with E-state index in [0.717, 1.165) is 29.2 Å². The van der Waals surface area contributed by atoms with Crippen molar-refractivity contribution < 1.29 is 0 Å². The highest BCUT2D eigenvalue weighted by Crippen LogP contribution is 2.17. The molecule has 5 heteroatoms. The molecule has 0 aliphatic rings. The standard InChI is InChI=1S/C14H17BrN4/c1-3-16-13-8-14(18-10-17-13)19(2)9-11-5-4-6-12(15)7-11/h4-8,10H,3,9H2,1-2H3,(H,16,17,18). The molecule has 1 aromatic carbocycles. The number of nitrogens with zero attached hydrogens (tertiary/aromatic N) is 3. The van der Waals surface area contributed by atoms with E-state index in [1.165, 1.54) is 5.56 Å². The number of hydrogen-bond acceptors (Lipinski definition) is 4. The van der Waals surface area contributed by atoms with Gasteiger partial charge in [0, 0.05) is 30.7 Å². The van der Waals surface area contributed by atoms with Crippen LogP contribution in [0.1, 0.15) is 12.5 Å². The molecule has 0 aliphatic carbocycles. The van der Waals surface area contributed by atoms with Crippen LogP contribution in [0.2, 0.25) is 0 Å². The molecule has 19 heavy (non-hydrogen) atoms. The number of halogens is 1. The number of benzene rings is 1. The molecule has 0 aliphatic heterocycles. The molecule has 0 saturated heterocycles. The molecule has 0 saturated carbocycles. The Morgan fingerprint density at radius 3 is 2.84 bits per heavy atom. The van der Waals surface area contributed by atoms with Crippen LogP contribution in [0.3, 0.4) is 0 Å². The first-order chi connectivity index (χ1) is 9.19. The zero-order valence-electron chi connectivity index (χ0n) is 11.1. The first kappa shape index (κ1) is 13.8. The quantitative estimate of drug-likeness (QED) is 0.917. The van der Waals surface area contributed by atoms with E-state index in [9.17, 15) is 0 Å². The largest absolute Gasteiger partial charge is 0.370 e. The number of nitrogens with one attached hydrogen (secondary N) is 1. The SMILES string of the molecule is CCNc1cc(N(C)Cc2cccc(Br)c2)ncn1. The fourth-order valence-corrected chi connectivity index (χ4v) is 2.27. The van der Waals surface area contributed by atoms with Crippen molar-refractivity contribution in [3.05, 3.63) is 46.7 Å². The fraction of sp³-hybridized carbons (Fsp3) is 0.286. The summed E-state index contributed by atoms with van der Waals surface area (Å²) in [6, 6.07) is 10.2. The lowest BCUT2D eigenvalue weighted by molar-refractivity contribution is 0.890. The minimum absolute atomic E-state index is 0.808. The Morgan fingerprint density at radius 2 is 2.11 bits per heavy atom. The van der Waals surface area contributed by atoms with E-state index in [1.54, 1.807) is 6.33 Å². The lowest BCUT2D eigenvalue weighted by atomic mass is 10.2. The zero-order valence-corrected chi connectivity index (χ0v) is 12.7. The van der Waals surface area contributed by atoms with E-state index in [4.69, 9.17) is 0 Å². The van der Waals surface area contributed by atoms with Crippen LogP contribution in [0.4, 0.5) is 11.6 Å². The van der Waals surface area contributed by atoms with Crippen LogP contribution in [0.25, 0.3) is 0 Å². The van der Waals surface area contributed by atoms with Crippen LogP contribution in [-0.4, -0.2) is 23.6 Å². The van der Waals surface area contributed by atoms with Gasteiger partial charge >= 0.3 is 0 Å². The minimum atomic E-state index is 0.808. The zero-order chi connectivity index (χ0) is 13.7. The van der Waals surface area contributed by atoms with Gasteiger partial charge in [-0.3, -0.25) is 0 Å². The third-order valence-electron chi connectivity index (χ3n) is 2.71. The van der Waals surface area contributed by atoms with Gasteiger partial charge in [-0.05, 0) is 24.6 Å². The second kappa shape index (κ2) is 6.52. The van der Waals surface area contributed by atoms with E-state index < -0.39 is 0 Å². The van der Waals surface area contributed by atoms with Gasteiger partial charge in [-0.15, -0.1) is 0 Å². The van der Waals surface area contributed by atoms with Gasteiger partial charge in [0.1, 0.15) is 18.0 Å². The third-order valence-corrected chi connectivity index (χ3v) is 3.20. The molecule has 0 radical (unpaired) electrons. The third kappa shape index (κ3) is 3.92. The predicted octanol–water partition coefficient (Wildman–Crippen LogP) is 3.31. The van der Waals surface area contributed by atoms with E-state index in [0.29, 0.717) is 0 Å². The van der Waals surface area contributed by atoms with E-state index in [2.05, 4.69) is 48.2 Å². The van der Waals surface area contributed by atoms with E-state index in [1.807, 2.05) is 32.2 Å². The van der Waals surface area contributed by atoms with E-state index >= 15 is 0 Å². The van der Waals surface area contributed by atoms with Crippen molar-refractivity contribution >= 4 is 27.6 Å². The van der Waals surface area contributed by atoms with E-state index in [-0.39, 0.29) is 0 Å². The summed E-state index contributed by atoms with van der Waals surface area (Å²) >= 11 is 3.49. The van der Waals surface area contributed by atoms with Crippen molar-refractivity contribution in [1.82, 2.24) is 9.97 Å². The van der Waals surface area contributed by atoms with Gasteiger partial charge in [0.2, 0.25) is 0 Å². The summed E-state index contributed by atoms with van der Waals surface area (Å²) in [7, 11) is 2.03. The second-order valence-electron chi connectivity index (χ2n) is 4.28. The molecular weight excluding hydrogens is 304 g/mol. The van der Waals surface area contributed by atoms with Crippen molar-refractivity contribution in [3.8, 4) is 0 Å². The minimum Gasteiger partial charge on any atom is -0.370 e. The Morgan fingerprint density at radius 1 is 1.26 bits per heavy atom. The van der Waals surface area contributed by atoms with Gasteiger partial charge in [0.05, 0.1) is 0 Å². The number of anilines is 2. The topological polar surface area (TPSA) is 41.0 Å². The summed E-state index contributed by atoms with van der Waals surface area (Å²) in [4.78, 5) is 10.6. The molecule has 4 nitrogen and oxygen atoms in total. The first-order valence-corrected chi connectivity index (χ1v) is 7.00. The van der Waals surface area contributed by atoms with Crippen LogP contribution in [0.15, 0.2) is 41.1 Å². The van der Waals surface area contributed by atoms with Crippen molar-refractivity contribution in [2.24, 2.45) is 0 Å². The summed E-state index contributed by atoms with van der Waals surface area (Å²) in [5.74, 6) is 1.76. The molecule has 1 aromatic heterocycles. The van der Waals surface area contributed by atoms with Gasteiger partial charge < -0.3 is 10.2 Å². The predicted molar refractivity (Wildman–Crippen MR) is 82.4 cm³/mol. The van der Waals surface area contributed by atoms with Crippen molar-refractivity contribution in [1.29, 1.82) is 0 Å². The lowest BCUT2D eigenvalue weighted by Crippen LogP contribution is -2.18. The Hall–Kier alpha value is -1.62. The van der Waals surface area contributed by atoms with Crippen LogP contribution < -0.4 is 10.2 Å². The highest BCUT2D eigenvalue weighted by atomic mass is 79.9. The van der Waals surface area contributed by atoms with Crippen molar-refractivity contribution in [3.63, 3.8) is 0 Å². The summed E-state index contributed by atoms with van der Waals surface area (Å²) < 4.78 is 1.09. The summed E-state index contributed by atoms with van der Waals surface area (Å²) in [6.07, 6.45) is 1.59. The van der Waals surface area contributed by atoms with Gasteiger partial charge in [-0.25, -0.2) is 9.97 Å². The molecule has 2 rings (SSSR count). The lowest BCUT2D eigenvalue weighted by Gasteiger charge is -2.18. The number of aromatic nitrogens is 2. The molecule has 0 spiro atoms. The van der Waals surface area contributed by atoms with Crippen molar-refractivity contribution in [2.75, 3.05) is 23.8 Å². The summed E-state index contributed by atoms with van der Waals surface area (Å²) in [5.41, 5.74) is 1.24. The summed E-state index contributed by atoms with van der Waals surface area (Å²) in [5, 5.41) is 3.19. The van der Waals surface area contributed by atoms with Gasteiger partial charge in [-0.2, -0.15) is 0 Å². The monoisotopic (exact) mass is 320 g/mol. The maximum absolute atomic E-state index is 4.30. The fourth-order valence-electron chi connectivity index (χ4n) is 1.82. The molecule has 0 fully saturated rings. The Balaban J connectivity index is 2.11. The van der Waals surface area contributed by atoms with Crippen LogP contribution in [-0.2, 0) is 6.54 Å². The summed E-state index contributed by atoms with van der Waals surface area (Å²) in [6.45, 7) is 3.71. The maximum Gasteiger partial charge on any atom is 0.134 e. The molecule has 2 aromatic rings. The number of rotatable bonds is 5. The van der Waals surface area contributed by atoms with Crippen molar-refractivity contribution in [2.45, 2.75) is 13.5 Å². The molecule has 0 bridgehead atoms. The highest BCUT2D eigenvalue weighted by Gasteiger charge is 2.05. The molecule has 100 valence electrons. The number of hydrogen-bond donors (Lipinski definition) is 1.